The summed E-state index contributed by atoms with van der Waals surface area (Å²) in [7, 11) is 1.53. The van der Waals surface area contributed by atoms with E-state index in [1.807, 2.05) is 0 Å². The lowest BCUT2D eigenvalue weighted by molar-refractivity contribution is -0.161. The molecule has 1 fully saturated rings. The van der Waals surface area contributed by atoms with E-state index in [1.54, 1.807) is 6.92 Å². The first kappa shape index (κ1) is 18.3. The number of hydrogen-bond donors (Lipinski definition) is 3. The first-order chi connectivity index (χ1) is 11.3. The van der Waals surface area contributed by atoms with Crippen LogP contribution in [-0.2, 0) is 23.9 Å². The van der Waals surface area contributed by atoms with Crippen LogP contribution in [0.15, 0.2) is 11.3 Å². The van der Waals surface area contributed by atoms with Crippen molar-refractivity contribution in [1.82, 2.24) is 15.5 Å². The van der Waals surface area contributed by atoms with Crippen molar-refractivity contribution in [3.63, 3.8) is 0 Å². The van der Waals surface area contributed by atoms with Gasteiger partial charge in [0, 0.05) is 24.7 Å². The third kappa shape index (κ3) is 2.86. The molecule has 9 nitrogen and oxygen atoms in total. The molecule has 10 heteroatoms. The summed E-state index contributed by atoms with van der Waals surface area (Å²) in [6.07, 6.45) is 0.202. The minimum absolute atomic E-state index is 0.186. The molecule has 0 aliphatic carbocycles. The Bertz CT molecular complexity index is 634. The third-order valence-corrected chi connectivity index (χ3v) is 5.25. The summed E-state index contributed by atoms with van der Waals surface area (Å²) in [5.74, 6) is -2.41. The van der Waals surface area contributed by atoms with Gasteiger partial charge in [-0.15, -0.1) is 11.8 Å². The molecule has 1 saturated heterocycles. The molecule has 2 aliphatic heterocycles. The first-order valence-corrected chi connectivity index (χ1v) is 8.37. The number of carbonyl (C=O) groups is 4. The number of nitrogens with one attached hydrogen (secondary N) is 2. The van der Waals surface area contributed by atoms with E-state index in [4.69, 9.17) is 4.74 Å². The summed E-state index contributed by atoms with van der Waals surface area (Å²) in [6.45, 7) is 2.70. The van der Waals surface area contributed by atoms with Crippen LogP contribution in [0.3, 0.4) is 0 Å². The van der Waals surface area contributed by atoms with Crippen LogP contribution in [0.2, 0.25) is 0 Å². The summed E-state index contributed by atoms with van der Waals surface area (Å²) >= 11 is 1.30. The molecule has 0 bridgehead atoms. The minimum Gasteiger partial charge on any atom is -0.477 e. The monoisotopic (exact) mass is 357 g/mol. The van der Waals surface area contributed by atoms with Gasteiger partial charge in [0.2, 0.25) is 11.6 Å². The number of rotatable bonds is 6. The molecule has 2 heterocycles. The molecule has 0 aromatic rings. The normalized spacial score (nSPS) is 25.7. The molecule has 2 rings (SSSR count). The lowest BCUT2D eigenvalue weighted by Gasteiger charge is -2.56. The van der Waals surface area contributed by atoms with Crippen LogP contribution >= 0.6 is 11.8 Å². The number of β-lactam (4-membered cyclic amide) rings is 1. The Labute approximate surface area is 142 Å². The highest BCUT2D eigenvalue weighted by atomic mass is 32.2. The number of amides is 2. The van der Waals surface area contributed by atoms with E-state index in [-0.39, 0.29) is 30.4 Å². The summed E-state index contributed by atoms with van der Waals surface area (Å²) in [4.78, 5) is 48.1. The van der Waals surface area contributed by atoms with Crippen molar-refractivity contribution in [2.75, 3.05) is 19.4 Å². The molecule has 0 spiro atoms. The SMILES string of the molecule is CCC(=O)N[C@@]1(NC)C(=O)N2C(C(=O)O)=C(COC(C)=O)CS[C@@H]21. The molecular formula is C14H19N3O6S. The van der Waals surface area contributed by atoms with Gasteiger partial charge in [0.15, 0.2) is 0 Å². The van der Waals surface area contributed by atoms with Crippen molar-refractivity contribution in [3.05, 3.63) is 11.3 Å². The molecular weight excluding hydrogens is 338 g/mol. The standard InChI is InChI=1S/C14H19N3O6S/c1-4-9(19)16-14(15-3)12(22)17-10(11(20)21)8(5-23-7(2)18)6-24-13(14)17/h13,15H,4-6H2,1-3H3,(H,16,19)(H,20,21)/t13-,14+/m1/s1. The average molecular weight is 357 g/mol. The fraction of sp³-hybridized carbons (Fsp3) is 0.571. The number of carboxylic acid groups (broad SMARTS) is 1. The molecule has 0 saturated carbocycles. The van der Waals surface area contributed by atoms with Crippen molar-refractivity contribution in [2.24, 2.45) is 0 Å². The number of carboxylic acids is 1. The Kier molecular flexibility index (Phi) is 5.19. The van der Waals surface area contributed by atoms with Crippen LogP contribution in [0.4, 0.5) is 0 Å². The maximum Gasteiger partial charge on any atom is 0.352 e. The maximum atomic E-state index is 12.6. The molecule has 0 radical (unpaired) electrons. The molecule has 0 aromatic heterocycles. The number of carbonyl (C=O) groups excluding carboxylic acids is 3. The average Bonchev–Trinajstić information content (AvgIpc) is 2.55. The topological polar surface area (TPSA) is 125 Å². The maximum absolute atomic E-state index is 12.6. The van der Waals surface area contributed by atoms with Crippen molar-refractivity contribution in [3.8, 4) is 0 Å². The number of fused-ring (bicyclic) bond motifs is 1. The van der Waals surface area contributed by atoms with Crippen LogP contribution in [0.5, 0.6) is 0 Å². The Balaban J connectivity index is 2.32. The lowest BCUT2D eigenvalue weighted by atomic mass is 9.95. The van der Waals surface area contributed by atoms with Gasteiger partial charge in [-0.25, -0.2) is 4.79 Å². The summed E-state index contributed by atoms with van der Waals surface area (Å²) in [5.41, 5.74) is -1.17. The van der Waals surface area contributed by atoms with E-state index in [0.717, 1.165) is 4.90 Å². The molecule has 132 valence electrons. The Morgan fingerprint density at radius 2 is 2.12 bits per heavy atom. The number of nitrogens with zero attached hydrogens (tertiary/aromatic N) is 1. The molecule has 3 N–H and O–H groups in total. The largest absolute Gasteiger partial charge is 0.477 e. The fourth-order valence-corrected chi connectivity index (χ4v) is 4.09. The summed E-state index contributed by atoms with van der Waals surface area (Å²) < 4.78 is 4.87. The van der Waals surface area contributed by atoms with Gasteiger partial charge in [-0.2, -0.15) is 0 Å². The van der Waals surface area contributed by atoms with E-state index in [2.05, 4.69) is 10.6 Å². The van der Waals surface area contributed by atoms with Crippen LogP contribution in [0.25, 0.3) is 0 Å². The van der Waals surface area contributed by atoms with Gasteiger partial charge in [0.25, 0.3) is 5.91 Å². The van der Waals surface area contributed by atoms with Crippen molar-refractivity contribution < 1.29 is 29.0 Å². The molecule has 2 aliphatic rings. The number of likely N-dealkylation sites (N-methyl/N-ethyl adjacent to an activating group) is 1. The predicted molar refractivity (Wildman–Crippen MR) is 84.6 cm³/mol. The third-order valence-electron chi connectivity index (χ3n) is 3.86. The number of aliphatic carboxylic acids is 1. The smallest absolute Gasteiger partial charge is 0.352 e. The van der Waals surface area contributed by atoms with E-state index in [9.17, 15) is 24.3 Å². The van der Waals surface area contributed by atoms with Crippen LogP contribution in [0.1, 0.15) is 20.3 Å². The first-order valence-electron chi connectivity index (χ1n) is 7.32. The van der Waals surface area contributed by atoms with Crippen molar-refractivity contribution in [2.45, 2.75) is 31.3 Å². The van der Waals surface area contributed by atoms with E-state index < -0.39 is 28.9 Å². The van der Waals surface area contributed by atoms with Crippen molar-refractivity contribution >= 4 is 35.5 Å². The van der Waals surface area contributed by atoms with E-state index in [0.29, 0.717) is 5.57 Å². The van der Waals surface area contributed by atoms with Crippen LogP contribution < -0.4 is 10.6 Å². The van der Waals surface area contributed by atoms with Gasteiger partial charge in [0.05, 0.1) is 0 Å². The lowest BCUT2D eigenvalue weighted by Crippen LogP contribution is -2.84. The van der Waals surface area contributed by atoms with Gasteiger partial charge in [-0.1, -0.05) is 6.92 Å². The zero-order valence-corrected chi connectivity index (χ0v) is 14.4. The number of ether oxygens (including phenoxy) is 1. The zero-order chi connectivity index (χ0) is 18.1. The van der Waals surface area contributed by atoms with Gasteiger partial charge in [-0.05, 0) is 7.05 Å². The second-order valence-corrected chi connectivity index (χ2v) is 6.40. The summed E-state index contributed by atoms with van der Waals surface area (Å²) in [5, 5.41) is 14.3. The molecule has 0 aromatic carbocycles. The number of hydrogen-bond acceptors (Lipinski definition) is 7. The highest BCUT2D eigenvalue weighted by molar-refractivity contribution is 8.00. The van der Waals surface area contributed by atoms with Crippen LogP contribution in [-0.4, -0.2) is 64.2 Å². The predicted octanol–water partition coefficient (Wildman–Crippen LogP) is -0.755. The Morgan fingerprint density at radius 1 is 1.46 bits per heavy atom. The van der Waals surface area contributed by atoms with Gasteiger partial charge < -0.3 is 15.2 Å². The molecule has 0 unspecified atom stereocenters. The molecule has 2 atom stereocenters. The Hall–Kier alpha value is -2.07. The van der Waals surface area contributed by atoms with Gasteiger partial charge >= 0.3 is 11.9 Å². The highest BCUT2D eigenvalue weighted by Gasteiger charge is 2.65. The quantitative estimate of drug-likeness (QED) is 0.322. The van der Waals surface area contributed by atoms with E-state index in [1.165, 1.54) is 25.7 Å². The Morgan fingerprint density at radius 3 is 2.62 bits per heavy atom. The fourth-order valence-electron chi connectivity index (χ4n) is 2.64. The highest BCUT2D eigenvalue weighted by Crippen LogP contribution is 2.44. The van der Waals surface area contributed by atoms with Crippen molar-refractivity contribution in [1.29, 1.82) is 0 Å². The minimum atomic E-state index is -1.33. The summed E-state index contributed by atoms with van der Waals surface area (Å²) in [6, 6.07) is 0. The second-order valence-electron chi connectivity index (χ2n) is 5.34. The number of esters is 1. The van der Waals surface area contributed by atoms with Gasteiger partial charge in [-0.3, -0.25) is 24.6 Å². The number of thioether (sulfide) groups is 1. The molecule has 24 heavy (non-hydrogen) atoms. The molecule has 2 amide bonds. The van der Waals surface area contributed by atoms with Crippen LogP contribution in [0, 0.1) is 0 Å². The zero-order valence-electron chi connectivity index (χ0n) is 13.5. The van der Waals surface area contributed by atoms with E-state index >= 15 is 0 Å². The second kappa shape index (κ2) is 6.81. The van der Waals surface area contributed by atoms with Gasteiger partial charge in [0.1, 0.15) is 17.7 Å².